The molecule has 2 aliphatic rings. The number of amides is 2. The van der Waals surface area contributed by atoms with E-state index >= 15 is 0 Å². The van der Waals surface area contributed by atoms with Gasteiger partial charge in [-0.25, -0.2) is 0 Å². The van der Waals surface area contributed by atoms with E-state index in [1.54, 1.807) is 0 Å². The summed E-state index contributed by atoms with van der Waals surface area (Å²) in [6.07, 6.45) is 0. The van der Waals surface area contributed by atoms with Crippen molar-refractivity contribution in [2.45, 2.75) is 12.8 Å². The maximum atomic E-state index is 13.2. The predicted octanol–water partition coefficient (Wildman–Crippen LogP) is 4.27. The van der Waals surface area contributed by atoms with Gasteiger partial charge in [-0.2, -0.15) is 5.26 Å². The highest BCUT2D eigenvalue weighted by Gasteiger charge is 2.72. The highest BCUT2D eigenvalue weighted by molar-refractivity contribution is 6.37. The lowest BCUT2D eigenvalue weighted by molar-refractivity contribution is -0.121. The highest BCUT2D eigenvalue weighted by Crippen LogP contribution is 2.70. The van der Waals surface area contributed by atoms with Gasteiger partial charge in [0.15, 0.2) is 5.41 Å². The Morgan fingerprint density at radius 2 is 1.66 bits per heavy atom. The third kappa shape index (κ3) is 2.77. The minimum atomic E-state index is -1.43. The van der Waals surface area contributed by atoms with Crippen molar-refractivity contribution in [3.63, 3.8) is 0 Å². The van der Waals surface area contributed by atoms with Crippen LogP contribution in [0.25, 0.3) is 11.1 Å². The summed E-state index contributed by atoms with van der Waals surface area (Å²) in [5.74, 6) is -1.89. The molecule has 0 unspecified atom stereocenters. The molecule has 156 valence electrons. The Morgan fingerprint density at radius 1 is 1.00 bits per heavy atom. The molecule has 1 heterocycles. The monoisotopic (exact) mass is 419 g/mol. The molecule has 1 aliphatic heterocycles. The van der Waals surface area contributed by atoms with Crippen LogP contribution in [0.4, 0.5) is 5.69 Å². The first-order valence-electron chi connectivity index (χ1n) is 10.5. The minimum Gasteiger partial charge on any atom is -0.368 e. The van der Waals surface area contributed by atoms with Gasteiger partial charge < -0.3 is 11.1 Å². The van der Waals surface area contributed by atoms with Gasteiger partial charge in [-0.05, 0) is 29.7 Å². The zero-order valence-corrected chi connectivity index (χ0v) is 17.5. The van der Waals surface area contributed by atoms with Gasteiger partial charge in [0, 0.05) is 23.1 Å². The molecule has 5 rings (SSSR count). The number of nitrogens with two attached hydrogens (primary N) is 1. The molecular weight excluding hydrogens is 398 g/mol. The number of nitrogens with zero attached hydrogens (tertiary/aromatic N) is 1. The van der Waals surface area contributed by atoms with Crippen LogP contribution < -0.4 is 11.1 Å². The van der Waals surface area contributed by atoms with E-state index in [1.165, 1.54) is 0 Å². The number of hydrogen-bond donors (Lipinski definition) is 2. The predicted molar refractivity (Wildman–Crippen MR) is 123 cm³/mol. The maximum absolute atomic E-state index is 13.2. The van der Waals surface area contributed by atoms with Crippen molar-refractivity contribution >= 4 is 28.6 Å². The first-order valence-corrected chi connectivity index (χ1v) is 10.5. The highest BCUT2D eigenvalue weighted by atomic mass is 16.2. The summed E-state index contributed by atoms with van der Waals surface area (Å²) in [5.41, 5.74) is 9.83. The van der Waals surface area contributed by atoms with Crippen LogP contribution in [-0.4, -0.2) is 11.8 Å². The Labute approximate surface area is 186 Å². The SMILES string of the molecule is Cc1ccc([C@H]2[C@H](/C(=C3/C(=O)Nc4ccccc43)c3ccccc3)[C@]2(C#N)C(N)=O)cc1. The van der Waals surface area contributed by atoms with E-state index in [2.05, 4.69) is 11.4 Å². The Hall–Kier alpha value is -4.17. The van der Waals surface area contributed by atoms with Gasteiger partial charge in [-0.1, -0.05) is 78.4 Å². The van der Waals surface area contributed by atoms with E-state index in [9.17, 15) is 14.9 Å². The molecule has 3 aromatic rings. The van der Waals surface area contributed by atoms with Gasteiger partial charge in [0.25, 0.3) is 5.91 Å². The van der Waals surface area contributed by atoms with Gasteiger partial charge in [0.1, 0.15) is 0 Å². The second kappa shape index (κ2) is 7.21. The number of rotatable bonds is 4. The van der Waals surface area contributed by atoms with Crippen LogP contribution in [0.15, 0.2) is 78.9 Å². The number of nitriles is 1. The standard InChI is InChI=1S/C27H21N3O2/c1-16-11-13-18(14-12-16)23-24(27(23,15-28)26(29)32)21(17-7-3-2-4-8-17)22-19-9-5-6-10-20(19)30-25(22)31/h2-14,23-24H,1H3,(H2,29,32)(H,30,31)/b22-21+/t23-,24-,27+/m0/s1. The number of carbonyl (C=O) groups excluding carboxylic acids is 2. The smallest absolute Gasteiger partial charge is 0.256 e. The first-order chi connectivity index (χ1) is 15.5. The molecule has 1 aliphatic carbocycles. The third-order valence-electron chi connectivity index (χ3n) is 6.57. The second-order valence-corrected chi connectivity index (χ2v) is 8.37. The van der Waals surface area contributed by atoms with E-state index in [-0.39, 0.29) is 5.91 Å². The van der Waals surface area contributed by atoms with Crippen LogP contribution in [0.2, 0.25) is 0 Å². The van der Waals surface area contributed by atoms with Crippen molar-refractivity contribution in [1.29, 1.82) is 5.26 Å². The van der Waals surface area contributed by atoms with Crippen molar-refractivity contribution < 1.29 is 9.59 Å². The van der Waals surface area contributed by atoms with Crippen molar-refractivity contribution in [2.24, 2.45) is 17.1 Å². The number of primary amides is 1. The largest absolute Gasteiger partial charge is 0.368 e. The molecule has 0 aromatic heterocycles. The molecule has 1 saturated carbocycles. The van der Waals surface area contributed by atoms with Crippen LogP contribution in [0.5, 0.6) is 0 Å². The van der Waals surface area contributed by atoms with Crippen LogP contribution in [0.3, 0.4) is 0 Å². The van der Waals surface area contributed by atoms with E-state index in [0.29, 0.717) is 11.1 Å². The summed E-state index contributed by atoms with van der Waals surface area (Å²) in [6, 6.07) is 27.0. The number of nitrogens with one attached hydrogen (secondary N) is 1. The van der Waals surface area contributed by atoms with E-state index in [4.69, 9.17) is 5.73 Å². The van der Waals surface area contributed by atoms with Crippen LogP contribution in [-0.2, 0) is 9.59 Å². The lowest BCUT2D eigenvalue weighted by Gasteiger charge is -2.13. The first kappa shape index (κ1) is 19.8. The Bertz CT molecular complexity index is 1320. The Balaban J connectivity index is 1.79. The maximum Gasteiger partial charge on any atom is 0.256 e. The third-order valence-corrected chi connectivity index (χ3v) is 6.57. The number of allylic oxidation sites excluding steroid dienone is 1. The molecule has 0 radical (unpaired) electrons. The van der Waals surface area contributed by atoms with Crippen molar-refractivity contribution in [2.75, 3.05) is 5.32 Å². The summed E-state index contributed by atoms with van der Waals surface area (Å²) < 4.78 is 0. The number of para-hydroxylation sites is 1. The molecule has 0 bridgehead atoms. The Kier molecular flexibility index (Phi) is 4.45. The number of carbonyl (C=O) groups is 2. The summed E-state index contributed by atoms with van der Waals surface area (Å²) >= 11 is 0. The fourth-order valence-electron chi connectivity index (χ4n) is 4.99. The second-order valence-electron chi connectivity index (χ2n) is 8.37. The van der Waals surface area contributed by atoms with E-state index < -0.39 is 23.2 Å². The number of anilines is 1. The average molecular weight is 419 g/mol. The van der Waals surface area contributed by atoms with Gasteiger partial charge in [-0.3, -0.25) is 9.59 Å². The fourth-order valence-corrected chi connectivity index (χ4v) is 4.99. The summed E-state index contributed by atoms with van der Waals surface area (Å²) in [4.78, 5) is 25.9. The minimum absolute atomic E-state index is 0.240. The lowest BCUT2D eigenvalue weighted by atomic mass is 9.88. The topological polar surface area (TPSA) is 96.0 Å². The molecule has 0 spiro atoms. The summed E-state index contributed by atoms with van der Waals surface area (Å²) in [6.45, 7) is 1.98. The molecule has 32 heavy (non-hydrogen) atoms. The zero-order chi connectivity index (χ0) is 22.5. The summed E-state index contributed by atoms with van der Waals surface area (Å²) in [5, 5.41) is 13.1. The van der Waals surface area contributed by atoms with Crippen LogP contribution in [0.1, 0.15) is 28.2 Å². The number of benzene rings is 3. The quantitative estimate of drug-likeness (QED) is 0.618. The molecule has 0 saturated heterocycles. The molecular formula is C27H21N3O2. The fraction of sp³-hybridized carbons (Fsp3) is 0.148. The molecule has 1 fully saturated rings. The van der Waals surface area contributed by atoms with Gasteiger partial charge >= 0.3 is 0 Å². The van der Waals surface area contributed by atoms with Gasteiger partial charge in [0.2, 0.25) is 5.91 Å². The number of fused-ring (bicyclic) bond motifs is 1. The molecule has 2 amide bonds. The van der Waals surface area contributed by atoms with Gasteiger partial charge in [0.05, 0.1) is 11.6 Å². The van der Waals surface area contributed by atoms with E-state index in [1.807, 2.05) is 85.8 Å². The molecule has 5 heteroatoms. The summed E-state index contributed by atoms with van der Waals surface area (Å²) in [7, 11) is 0. The molecule has 3 atom stereocenters. The lowest BCUT2D eigenvalue weighted by Crippen LogP contribution is -2.26. The van der Waals surface area contributed by atoms with Crippen LogP contribution >= 0.6 is 0 Å². The normalized spacial score (nSPS) is 24.8. The number of hydrogen-bond acceptors (Lipinski definition) is 3. The average Bonchev–Trinajstić information content (AvgIpc) is 3.37. The van der Waals surface area contributed by atoms with Crippen molar-refractivity contribution in [3.05, 3.63) is 101 Å². The van der Waals surface area contributed by atoms with Crippen molar-refractivity contribution in [3.8, 4) is 6.07 Å². The van der Waals surface area contributed by atoms with Crippen LogP contribution in [0, 0.1) is 29.6 Å². The van der Waals surface area contributed by atoms with E-state index in [0.717, 1.165) is 27.9 Å². The zero-order valence-electron chi connectivity index (χ0n) is 17.5. The van der Waals surface area contributed by atoms with Gasteiger partial charge in [-0.15, -0.1) is 0 Å². The Morgan fingerprint density at radius 3 is 2.31 bits per heavy atom. The molecule has 3 aromatic carbocycles. The van der Waals surface area contributed by atoms with Crippen molar-refractivity contribution in [1.82, 2.24) is 0 Å². The molecule has 5 nitrogen and oxygen atoms in total. The molecule has 3 N–H and O–H groups in total. The number of aryl methyl sites for hydroxylation is 1.